The number of nitrogens with zero attached hydrogens (tertiary/aromatic N) is 2. The van der Waals surface area contributed by atoms with Crippen LogP contribution in [0.1, 0.15) is 18.5 Å². The van der Waals surface area contributed by atoms with Crippen LogP contribution in [0.15, 0.2) is 24.5 Å². The molecule has 2 aromatic heterocycles. The zero-order valence-corrected chi connectivity index (χ0v) is 7.53. The molecule has 0 saturated heterocycles. The Morgan fingerprint density at radius 2 is 2.31 bits per heavy atom. The third kappa shape index (κ3) is 0.981. The van der Waals surface area contributed by atoms with Gasteiger partial charge in [-0.1, -0.05) is 0 Å². The molecule has 2 aromatic rings. The molecule has 66 valence electrons. The molecule has 3 rings (SSSR count). The predicted molar refractivity (Wildman–Crippen MR) is 52.7 cm³/mol. The Labute approximate surface area is 77.2 Å². The van der Waals surface area contributed by atoms with Gasteiger partial charge < -0.3 is 4.57 Å². The number of aryl methyl sites for hydroxylation is 2. The van der Waals surface area contributed by atoms with Gasteiger partial charge in [0.2, 0.25) is 0 Å². The van der Waals surface area contributed by atoms with E-state index in [0.717, 1.165) is 0 Å². The van der Waals surface area contributed by atoms with Crippen molar-refractivity contribution in [3.05, 3.63) is 30.2 Å². The van der Waals surface area contributed by atoms with E-state index in [0.29, 0.717) is 0 Å². The smallest absolute Gasteiger partial charge is 0.0513 e. The van der Waals surface area contributed by atoms with E-state index in [1.54, 1.807) is 0 Å². The molecule has 3 heterocycles. The van der Waals surface area contributed by atoms with E-state index in [1.807, 2.05) is 12.4 Å². The second-order valence-electron chi connectivity index (χ2n) is 3.68. The van der Waals surface area contributed by atoms with Crippen LogP contribution in [0.2, 0.25) is 0 Å². The molecular formula is C11H12N2. The first kappa shape index (κ1) is 7.13. The van der Waals surface area contributed by atoms with Gasteiger partial charge in [0.25, 0.3) is 0 Å². The summed E-state index contributed by atoms with van der Waals surface area (Å²) < 4.78 is 2.43. The van der Waals surface area contributed by atoms with Crippen molar-refractivity contribution in [2.45, 2.75) is 25.8 Å². The molecule has 2 nitrogen and oxygen atoms in total. The summed E-state index contributed by atoms with van der Waals surface area (Å²) in [5, 5.41) is 1.29. The van der Waals surface area contributed by atoms with Gasteiger partial charge in [0.15, 0.2) is 0 Å². The van der Waals surface area contributed by atoms with Gasteiger partial charge in [0.05, 0.1) is 5.52 Å². The first-order valence-corrected chi connectivity index (χ1v) is 4.87. The highest BCUT2D eigenvalue weighted by molar-refractivity contribution is 5.80. The molecule has 0 radical (unpaired) electrons. The van der Waals surface area contributed by atoms with E-state index >= 15 is 0 Å². The SMILES string of the molecule is c1cc2c(cn1)cc1n2CCCC1. The molecule has 1 aliphatic rings. The number of hydrogen-bond donors (Lipinski definition) is 0. The van der Waals surface area contributed by atoms with Crippen molar-refractivity contribution in [3.63, 3.8) is 0 Å². The standard InChI is InChI=1S/C11H12N2/c1-2-6-13-10(3-1)7-9-8-12-5-4-11(9)13/h4-5,7-8H,1-3,6H2. The van der Waals surface area contributed by atoms with Crippen LogP contribution in [0, 0.1) is 0 Å². The highest BCUT2D eigenvalue weighted by atomic mass is 15.0. The number of aromatic nitrogens is 2. The molecule has 0 unspecified atom stereocenters. The maximum absolute atomic E-state index is 4.14. The Balaban J connectivity index is 2.34. The fourth-order valence-corrected chi connectivity index (χ4v) is 2.22. The minimum atomic E-state index is 1.18. The van der Waals surface area contributed by atoms with E-state index in [4.69, 9.17) is 0 Å². The van der Waals surface area contributed by atoms with Crippen molar-refractivity contribution in [2.24, 2.45) is 0 Å². The van der Waals surface area contributed by atoms with Crippen molar-refractivity contribution in [1.29, 1.82) is 0 Å². The molecule has 0 N–H and O–H groups in total. The van der Waals surface area contributed by atoms with Gasteiger partial charge in [-0.15, -0.1) is 0 Å². The van der Waals surface area contributed by atoms with Gasteiger partial charge in [-0.05, 0) is 31.4 Å². The molecule has 0 aliphatic carbocycles. The monoisotopic (exact) mass is 172 g/mol. The Kier molecular flexibility index (Phi) is 1.42. The minimum Gasteiger partial charge on any atom is -0.345 e. The summed E-state index contributed by atoms with van der Waals surface area (Å²) in [6.07, 6.45) is 7.72. The van der Waals surface area contributed by atoms with E-state index in [9.17, 15) is 0 Å². The van der Waals surface area contributed by atoms with E-state index in [2.05, 4.69) is 21.7 Å². The molecular weight excluding hydrogens is 160 g/mol. The van der Waals surface area contributed by atoms with Gasteiger partial charge in [0.1, 0.15) is 0 Å². The van der Waals surface area contributed by atoms with Crippen LogP contribution in [0.3, 0.4) is 0 Å². The Bertz CT molecular complexity index is 442. The summed E-state index contributed by atoms with van der Waals surface area (Å²) in [4.78, 5) is 4.14. The summed E-state index contributed by atoms with van der Waals surface area (Å²) >= 11 is 0. The van der Waals surface area contributed by atoms with E-state index in [1.165, 1.54) is 42.4 Å². The molecule has 0 spiro atoms. The average Bonchev–Trinajstić information content (AvgIpc) is 2.56. The summed E-state index contributed by atoms with van der Waals surface area (Å²) in [6.45, 7) is 1.18. The molecule has 0 aromatic carbocycles. The van der Waals surface area contributed by atoms with Crippen LogP contribution in [0.5, 0.6) is 0 Å². The quantitative estimate of drug-likeness (QED) is 0.596. The second kappa shape index (κ2) is 2.59. The predicted octanol–water partition coefficient (Wildman–Crippen LogP) is 2.37. The molecule has 2 heteroatoms. The lowest BCUT2D eigenvalue weighted by atomic mass is 10.1. The van der Waals surface area contributed by atoms with Gasteiger partial charge in [0, 0.05) is 30.0 Å². The van der Waals surface area contributed by atoms with Crippen molar-refractivity contribution < 1.29 is 0 Å². The van der Waals surface area contributed by atoms with E-state index < -0.39 is 0 Å². The Hall–Kier alpha value is -1.31. The lowest BCUT2D eigenvalue weighted by Crippen LogP contribution is -2.08. The van der Waals surface area contributed by atoms with Gasteiger partial charge >= 0.3 is 0 Å². The van der Waals surface area contributed by atoms with Crippen LogP contribution in [0.4, 0.5) is 0 Å². The molecule has 1 aliphatic heterocycles. The molecule has 0 saturated carbocycles. The average molecular weight is 172 g/mol. The maximum atomic E-state index is 4.14. The zero-order chi connectivity index (χ0) is 8.67. The fraction of sp³-hybridized carbons (Fsp3) is 0.364. The molecule has 0 bridgehead atoms. The van der Waals surface area contributed by atoms with Crippen LogP contribution in [-0.4, -0.2) is 9.55 Å². The number of hydrogen-bond acceptors (Lipinski definition) is 1. The van der Waals surface area contributed by atoms with Crippen LogP contribution < -0.4 is 0 Å². The molecule has 0 fully saturated rings. The third-order valence-electron chi connectivity index (χ3n) is 2.85. The zero-order valence-electron chi connectivity index (χ0n) is 7.53. The summed E-state index contributed by atoms with van der Waals surface area (Å²) in [7, 11) is 0. The highest BCUT2D eigenvalue weighted by Crippen LogP contribution is 2.24. The van der Waals surface area contributed by atoms with Crippen molar-refractivity contribution in [1.82, 2.24) is 9.55 Å². The summed E-state index contributed by atoms with van der Waals surface area (Å²) in [6, 6.07) is 4.39. The topological polar surface area (TPSA) is 17.8 Å². The Morgan fingerprint density at radius 3 is 3.31 bits per heavy atom. The first-order valence-electron chi connectivity index (χ1n) is 4.87. The molecule has 0 amide bonds. The Morgan fingerprint density at radius 1 is 1.31 bits per heavy atom. The van der Waals surface area contributed by atoms with Crippen molar-refractivity contribution in [3.8, 4) is 0 Å². The minimum absolute atomic E-state index is 1.18. The van der Waals surface area contributed by atoms with Crippen LogP contribution in [0.25, 0.3) is 10.9 Å². The first-order chi connectivity index (χ1) is 6.45. The van der Waals surface area contributed by atoms with Gasteiger partial charge in [-0.25, -0.2) is 0 Å². The van der Waals surface area contributed by atoms with Crippen molar-refractivity contribution >= 4 is 10.9 Å². The third-order valence-corrected chi connectivity index (χ3v) is 2.85. The highest BCUT2D eigenvalue weighted by Gasteiger charge is 2.11. The van der Waals surface area contributed by atoms with Crippen molar-refractivity contribution in [2.75, 3.05) is 0 Å². The van der Waals surface area contributed by atoms with E-state index in [-0.39, 0.29) is 0 Å². The number of fused-ring (bicyclic) bond motifs is 3. The van der Waals surface area contributed by atoms with Gasteiger partial charge in [-0.2, -0.15) is 0 Å². The lowest BCUT2D eigenvalue weighted by molar-refractivity contribution is 0.545. The number of pyridine rings is 1. The number of rotatable bonds is 0. The normalized spacial score (nSPS) is 16.0. The lowest BCUT2D eigenvalue weighted by Gasteiger charge is -2.15. The van der Waals surface area contributed by atoms with Crippen LogP contribution >= 0.6 is 0 Å². The fourth-order valence-electron chi connectivity index (χ4n) is 2.22. The molecule has 0 atom stereocenters. The summed E-state index contributed by atoms with van der Waals surface area (Å²) in [5.74, 6) is 0. The second-order valence-corrected chi connectivity index (χ2v) is 3.68. The largest absolute Gasteiger partial charge is 0.345 e. The maximum Gasteiger partial charge on any atom is 0.0513 e. The van der Waals surface area contributed by atoms with Crippen LogP contribution in [-0.2, 0) is 13.0 Å². The summed E-state index contributed by atoms with van der Waals surface area (Å²) in [5.41, 5.74) is 2.83. The molecule has 13 heavy (non-hydrogen) atoms. The van der Waals surface area contributed by atoms with Gasteiger partial charge in [-0.3, -0.25) is 4.98 Å².